The summed E-state index contributed by atoms with van der Waals surface area (Å²) in [6, 6.07) is 14.6. The molecule has 0 saturated carbocycles. The van der Waals surface area contributed by atoms with Crippen LogP contribution in [-0.2, 0) is 17.8 Å². The highest BCUT2D eigenvalue weighted by atomic mass is 35.5. The van der Waals surface area contributed by atoms with E-state index in [0.29, 0.717) is 17.1 Å². The van der Waals surface area contributed by atoms with E-state index < -0.39 is 0 Å². The van der Waals surface area contributed by atoms with Gasteiger partial charge >= 0.3 is 0 Å². The lowest BCUT2D eigenvalue weighted by Crippen LogP contribution is -2.23. The Kier molecular flexibility index (Phi) is 5.84. The first-order valence-corrected chi connectivity index (χ1v) is 9.27. The molecule has 0 aliphatic carbocycles. The minimum atomic E-state index is -0.372. The van der Waals surface area contributed by atoms with E-state index in [-0.39, 0.29) is 24.6 Å². The summed E-state index contributed by atoms with van der Waals surface area (Å²) in [4.78, 5) is 12.1. The average Bonchev–Trinajstić information content (AvgIpc) is 3.14. The molecule has 3 aromatic rings. The van der Waals surface area contributed by atoms with Crippen LogP contribution in [0.3, 0.4) is 0 Å². The lowest BCUT2D eigenvalue weighted by Gasteiger charge is -2.10. The molecular formula is C20H17ClFNOS. The second kappa shape index (κ2) is 8.28. The van der Waals surface area contributed by atoms with Crippen molar-refractivity contribution in [1.82, 2.24) is 5.32 Å². The monoisotopic (exact) mass is 373 g/mol. The predicted molar refractivity (Wildman–Crippen MR) is 101 cm³/mol. The molecule has 1 aromatic heterocycles. The highest BCUT2D eigenvalue weighted by Gasteiger charge is 2.11. The molecule has 3 rings (SSSR count). The number of benzene rings is 2. The SMILES string of the molecule is O=C(CCc1c(F)cccc1Cl)NCc1ccccc1-c1ccsc1. The van der Waals surface area contributed by atoms with Gasteiger partial charge in [-0.3, -0.25) is 4.79 Å². The topological polar surface area (TPSA) is 29.1 Å². The van der Waals surface area contributed by atoms with Crippen LogP contribution >= 0.6 is 22.9 Å². The van der Waals surface area contributed by atoms with Crippen LogP contribution in [0.4, 0.5) is 4.39 Å². The summed E-state index contributed by atoms with van der Waals surface area (Å²) in [5, 5.41) is 7.38. The first-order chi connectivity index (χ1) is 12.1. The zero-order valence-corrected chi connectivity index (χ0v) is 15.0. The molecule has 2 aromatic carbocycles. The van der Waals surface area contributed by atoms with E-state index in [1.54, 1.807) is 23.5 Å². The zero-order chi connectivity index (χ0) is 17.6. The molecule has 128 valence electrons. The second-order valence-electron chi connectivity index (χ2n) is 5.65. The average molecular weight is 374 g/mol. The van der Waals surface area contributed by atoms with Gasteiger partial charge in [-0.05, 0) is 52.1 Å². The van der Waals surface area contributed by atoms with Crippen molar-refractivity contribution in [3.63, 3.8) is 0 Å². The number of carbonyl (C=O) groups excluding carboxylic acids is 1. The number of nitrogens with one attached hydrogen (secondary N) is 1. The number of halogens is 2. The molecule has 0 saturated heterocycles. The number of amides is 1. The van der Waals surface area contributed by atoms with Crippen LogP contribution in [0.1, 0.15) is 17.5 Å². The van der Waals surface area contributed by atoms with E-state index in [2.05, 4.69) is 16.8 Å². The van der Waals surface area contributed by atoms with Crippen LogP contribution in [-0.4, -0.2) is 5.91 Å². The van der Waals surface area contributed by atoms with Gasteiger partial charge in [0.05, 0.1) is 0 Å². The highest BCUT2D eigenvalue weighted by molar-refractivity contribution is 7.08. The van der Waals surface area contributed by atoms with Gasteiger partial charge in [0.25, 0.3) is 0 Å². The van der Waals surface area contributed by atoms with Crippen molar-refractivity contribution in [2.45, 2.75) is 19.4 Å². The van der Waals surface area contributed by atoms with Crippen molar-refractivity contribution in [3.05, 3.63) is 81.3 Å². The Morgan fingerprint density at radius 3 is 2.72 bits per heavy atom. The smallest absolute Gasteiger partial charge is 0.220 e. The predicted octanol–water partition coefficient (Wildman–Crippen LogP) is 5.46. The van der Waals surface area contributed by atoms with Crippen molar-refractivity contribution < 1.29 is 9.18 Å². The Morgan fingerprint density at radius 2 is 1.96 bits per heavy atom. The molecule has 0 atom stereocenters. The largest absolute Gasteiger partial charge is 0.352 e. The molecule has 0 spiro atoms. The lowest BCUT2D eigenvalue weighted by atomic mass is 10.0. The molecule has 1 amide bonds. The number of hydrogen-bond acceptors (Lipinski definition) is 2. The van der Waals surface area contributed by atoms with Gasteiger partial charge in [0.15, 0.2) is 0 Å². The molecule has 1 heterocycles. The van der Waals surface area contributed by atoms with Crippen LogP contribution in [0, 0.1) is 5.82 Å². The van der Waals surface area contributed by atoms with Crippen molar-refractivity contribution in [3.8, 4) is 11.1 Å². The molecule has 0 unspecified atom stereocenters. The first kappa shape index (κ1) is 17.6. The summed E-state index contributed by atoms with van der Waals surface area (Å²) in [7, 11) is 0. The fraction of sp³-hybridized carbons (Fsp3) is 0.150. The van der Waals surface area contributed by atoms with Gasteiger partial charge in [-0.15, -0.1) is 0 Å². The van der Waals surface area contributed by atoms with Gasteiger partial charge in [-0.25, -0.2) is 4.39 Å². The minimum absolute atomic E-state index is 0.126. The fourth-order valence-electron chi connectivity index (χ4n) is 2.67. The third kappa shape index (κ3) is 4.47. The van der Waals surface area contributed by atoms with E-state index in [0.717, 1.165) is 16.7 Å². The number of carbonyl (C=O) groups is 1. The Hall–Kier alpha value is -2.17. The maximum atomic E-state index is 13.7. The molecule has 0 bridgehead atoms. The van der Waals surface area contributed by atoms with E-state index in [1.807, 2.05) is 29.6 Å². The van der Waals surface area contributed by atoms with Crippen LogP contribution in [0.25, 0.3) is 11.1 Å². The van der Waals surface area contributed by atoms with Gasteiger partial charge in [-0.2, -0.15) is 11.3 Å². The summed E-state index contributed by atoms with van der Waals surface area (Å²) in [5.74, 6) is -0.498. The van der Waals surface area contributed by atoms with E-state index in [9.17, 15) is 9.18 Å². The van der Waals surface area contributed by atoms with Gasteiger partial charge in [0.2, 0.25) is 5.91 Å². The molecule has 0 fully saturated rings. The molecule has 25 heavy (non-hydrogen) atoms. The summed E-state index contributed by atoms with van der Waals surface area (Å²) in [6.07, 6.45) is 0.477. The van der Waals surface area contributed by atoms with E-state index in [1.165, 1.54) is 6.07 Å². The Morgan fingerprint density at radius 1 is 1.12 bits per heavy atom. The van der Waals surface area contributed by atoms with E-state index in [4.69, 9.17) is 11.6 Å². The normalized spacial score (nSPS) is 10.6. The summed E-state index contributed by atoms with van der Waals surface area (Å²) < 4.78 is 13.7. The number of rotatable bonds is 6. The van der Waals surface area contributed by atoms with Crippen molar-refractivity contribution in [1.29, 1.82) is 0 Å². The molecule has 0 radical (unpaired) electrons. The van der Waals surface area contributed by atoms with Gasteiger partial charge in [-0.1, -0.05) is 41.9 Å². The highest BCUT2D eigenvalue weighted by Crippen LogP contribution is 2.26. The quantitative estimate of drug-likeness (QED) is 0.611. The molecule has 1 N–H and O–H groups in total. The maximum Gasteiger partial charge on any atom is 0.220 e. The number of hydrogen-bond donors (Lipinski definition) is 1. The lowest BCUT2D eigenvalue weighted by molar-refractivity contribution is -0.121. The van der Waals surface area contributed by atoms with Gasteiger partial charge in [0, 0.05) is 23.6 Å². The van der Waals surface area contributed by atoms with Gasteiger partial charge in [0.1, 0.15) is 5.82 Å². The van der Waals surface area contributed by atoms with Crippen molar-refractivity contribution >= 4 is 28.8 Å². The van der Waals surface area contributed by atoms with Crippen LogP contribution in [0.15, 0.2) is 59.3 Å². The molecule has 5 heteroatoms. The third-order valence-electron chi connectivity index (χ3n) is 3.99. The van der Waals surface area contributed by atoms with Crippen LogP contribution < -0.4 is 5.32 Å². The van der Waals surface area contributed by atoms with Crippen molar-refractivity contribution in [2.75, 3.05) is 0 Å². The summed E-state index contributed by atoms with van der Waals surface area (Å²) in [6.45, 7) is 0.440. The fourth-order valence-corrected chi connectivity index (χ4v) is 3.58. The zero-order valence-electron chi connectivity index (χ0n) is 13.5. The van der Waals surface area contributed by atoms with Crippen LogP contribution in [0.2, 0.25) is 5.02 Å². The second-order valence-corrected chi connectivity index (χ2v) is 6.83. The standard InChI is InChI=1S/C20H17ClFNOS/c21-18-6-3-7-19(22)17(18)8-9-20(24)23-12-14-4-1-2-5-16(14)15-10-11-25-13-15/h1-7,10-11,13H,8-9,12H2,(H,23,24). The summed E-state index contributed by atoms with van der Waals surface area (Å²) in [5.41, 5.74) is 3.70. The third-order valence-corrected chi connectivity index (χ3v) is 5.03. The summed E-state index contributed by atoms with van der Waals surface area (Å²) >= 11 is 7.63. The Labute approximate surface area is 155 Å². The molecule has 0 aliphatic rings. The van der Waals surface area contributed by atoms with Crippen molar-refractivity contribution in [2.24, 2.45) is 0 Å². The van der Waals surface area contributed by atoms with Gasteiger partial charge < -0.3 is 5.32 Å². The first-order valence-electron chi connectivity index (χ1n) is 7.95. The van der Waals surface area contributed by atoms with E-state index >= 15 is 0 Å². The molecule has 0 aliphatic heterocycles. The Balaban J connectivity index is 1.60. The number of thiophene rings is 1. The Bertz CT molecular complexity index is 844. The molecular weight excluding hydrogens is 357 g/mol. The molecule has 2 nitrogen and oxygen atoms in total. The van der Waals surface area contributed by atoms with Crippen LogP contribution in [0.5, 0.6) is 0 Å². The maximum absolute atomic E-state index is 13.7. The minimum Gasteiger partial charge on any atom is -0.352 e.